The van der Waals surface area contributed by atoms with Crippen molar-refractivity contribution in [3.05, 3.63) is 72.6 Å². The number of hydrogen-bond acceptors (Lipinski definition) is 9. The Morgan fingerprint density at radius 3 is 2.49 bits per heavy atom. The molecule has 0 saturated carbocycles. The number of anilines is 1. The van der Waals surface area contributed by atoms with Crippen LogP contribution in [-0.2, 0) is 30.0 Å². The second-order valence-corrected chi connectivity index (χ2v) is 13.5. The number of imidazole rings is 1. The van der Waals surface area contributed by atoms with Crippen molar-refractivity contribution < 1.29 is 27.9 Å². The number of benzene rings is 3. The molecule has 0 aliphatic rings. The number of esters is 1. The molecule has 1 unspecified atom stereocenters. The van der Waals surface area contributed by atoms with E-state index in [-0.39, 0.29) is 31.8 Å². The molecular formula is C35H44N5O6P. The van der Waals surface area contributed by atoms with E-state index in [1.165, 1.54) is 0 Å². The average Bonchev–Trinajstić information content (AvgIpc) is 3.43. The third-order valence-electron chi connectivity index (χ3n) is 7.97. The zero-order chi connectivity index (χ0) is 33.6. The smallest absolute Gasteiger partial charge is 0.459 e. The highest BCUT2D eigenvalue weighted by atomic mass is 31.2. The van der Waals surface area contributed by atoms with Crippen LogP contribution in [0.2, 0.25) is 0 Å². The summed E-state index contributed by atoms with van der Waals surface area (Å²) in [6, 6.07) is 19.6. The minimum absolute atomic E-state index is 0.0218. The van der Waals surface area contributed by atoms with Crippen molar-refractivity contribution in [2.45, 2.75) is 66.2 Å². The topological polar surface area (TPSA) is 140 Å². The summed E-state index contributed by atoms with van der Waals surface area (Å²) in [5.74, 6) is 0.716. The normalized spacial score (nSPS) is 14.4. The minimum Gasteiger partial charge on any atom is -0.465 e. The third-order valence-corrected chi connectivity index (χ3v) is 9.62. The summed E-state index contributed by atoms with van der Waals surface area (Å²) in [6.45, 7) is 10.6. The number of nitrogens with zero attached hydrogens (tertiary/aromatic N) is 3. The molecule has 0 aliphatic carbocycles. The van der Waals surface area contributed by atoms with Gasteiger partial charge < -0.3 is 24.3 Å². The van der Waals surface area contributed by atoms with Crippen LogP contribution < -0.4 is 15.3 Å². The number of para-hydroxylation sites is 1. The van der Waals surface area contributed by atoms with Crippen LogP contribution in [0.15, 0.2) is 66.7 Å². The van der Waals surface area contributed by atoms with Crippen LogP contribution in [0.5, 0.6) is 5.75 Å². The lowest BCUT2D eigenvalue weighted by atomic mass is 10.0. The van der Waals surface area contributed by atoms with Crippen molar-refractivity contribution in [3.63, 3.8) is 0 Å². The Labute approximate surface area is 275 Å². The Hall–Kier alpha value is -4.02. The van der Waals surface area contributed by atoms with Crippen LogP contribution in [-0.4, -0.2) is 46.4 Å². The van der Waals surface area contributed by atoms with Crippen LogP contribution in [0.1, 0.15) is 59.3 Å². The van der Waals surface area contributed by atoms with Crippen molar-refractivity contribution in [2.75, 3.05) is 25.6 Å². The van der Waals surface area contributed by atoms with E-state index < -0.39 is 19.8 Å². The molecule has 3 atom stereocenters. The number of pyridine rings is 1. The van der Waals surface area contributed by atoms with E-state index in [2.05, 4.69) is 14.6 Å². The Morgan fingerprint density at radius 1 is 1.00 bits per heavy atom. The van der Waals surface area contributed by atoms with E-state index >= 15 is 0 Å². The number of carbonyl (C=O) groups excluding carboxylic acids is 1. The van der Waals surface area contributed by atoms with Crippen LogP contribution in [0.3, 0.4) is 0 Å². The molecule has 11 nitrogen and oxygen atoms in total. The van der Waals surface area contributed by atoms with Crippen LogP contribution in [0.4, 0.5) is 5.82 Å². The summed E-state index contributed by atoms with van der Waals surface area (Å²) >= 11 is 0. The summed E-state index contributed by atoms with van der Waals surface area (Å²) in [4.78, 5) is 22.3. The molecule has 3 aromatic carbocycles. The number of carbonyl (C=O) groups is 1. The highest BCUT2D eigenvalue weighted by Crippen LogP contribution is 2.47. The maximum atomic E-state index is 14.6. The first-order valence-corrected chi connectivity index (χ1v) is 17.7. The number of aromatic nitrogens is 3. The molecule has 0 aliphatic heterocycles. The van der Waals surface area contributed by atoms with Gasteiger partial charge in [0.1, 0.15) is 29.7 Å². The van der Waals surface area contributed by atoms with Crippen LogP contribution in [0, 0.1) is 5.92 Å². The van der Waals surface area contributed by atoms with Gasteiger partial charge in [-0.2, -0.15) is 5.09 Å². The zero-order valence-corrected chi connectivity index (χ0v) is 28.5. The molecule has 0 spiro atoms. The molecule has 0 fully saturated rings. The van der Waals surface area contributed by atoms with Gasteiger partial charge in [-0.25, -0.2) is 14.5 Å². The van der Waals surface area contributed by atoms with E-state index in [4.69, 9.17) is 29.2 Å². The Bertz CT molecular complexity index is 1890. The number of ether oxygens (including phenoxy) is 2. The molecule has 0 radical (unpaired) electrons. The van der Waals surface area contributed by atoms with Gasteiger partial charge in [-0.3, -0.25) is 9.32 Å². The van der Waals surface area contributed by atoms with Gasteiger partial charge in [0.2, 0.25) is 0 Å². The lowest BCUT2D eigenvalue weighted by Gasteiger charge is -2.29. The minimum atomic E-state index is -4.17. The molecule has 250 valence electrons. The number of fused-ring (bicyclic) bond motifs is 4. The number of nitrogen functional groups attached to an aromatic ring is 1. The highest BCUT2D eigenvalue weighted by molar-refractivity contribution is 7.52. The third kappa shape index (κ3) is 7.93. The van der Waals surface area contributed by atoms with Crippen molar-refractivity contribution in [1.29, 1.82) is 0 Å². The fraction of sp³-hybridized carbons (Fsp3) is 0.400. The summed E-state index contributed by atoms with van der Waals surface area (Å²) in [5, 5.41) is 5.62. The highest BCUT2D eigenvalue weighted by Gasteiger charge is 2.35. The van der Waals surface area contributed by atoms with Crippen molar-refractivity contribution in [3.8, 4) is 5.75 Å². The monoisotopic (exact) mass is 661 g/mol. The molecule has 47 heavy (non-hydrogen) atoms. The average molecular weight is 662 g/mol. The van der Waals surface area contributed by atoms with Gasteiger partial charge in [0.05, 0.1) is 30.3 Å². The standard InChI is InChI=1S/C35H44N5O6P/c1-6-8-19-44-35(41)24(5)39-47(42,46-27-18-17-25-13-9-10-14-26(25)20-27)45-21-30(23(3)4)40-31(22-43-7-2)38-32-33(40)28-15-11-12-16-29(28)37-34(32)36/h9-18,20,23-24,30H,6-8,19,21-22H2,1-5H3,(H2,36,37)(H,39,42)/t24-,30-,47?/m0/s1. The number of unbranched alkanes of at least 4 members (excludes halogenated alkanes) is 1. The van der Waals surface area contributed by atoms with Crippen molar-refractivity contribution in [1.82, 2.24) is 19.6 Å². The molecule has 12 heteroatoms. The summed E-state index contributed by atoms with van der Waals surface area (Å²) in [6.07, 6.45) is 1.61. The van der Waals surface area contributed by atoms with E-state index in [1.807, 2.05) is 82.3 Å². The second kappa shape index (κ2) is 15.3. The number of hydrogen-bond donors (Lipinski definition) is 2. The van der Waals surface area contributed by atoms with Crippen molar-refractivity contribution >= 4 is 52.2 Å². The molecule has 5 rings (SSSR count). The molecule has 3 N–H and O–H groups in total. The quantitative estimate of drug-likeness (QED) is 0.0618. The zero-order valence-electron chi connectivity index (χ0n) is 27.6. The predicted molar refractivity (Wildman–Crippen MR) is 185 cm³/mol. The van der Waals surface area contributed by atoms with Gasteiger partial charge in [0.25, 0.3) is 0 Å². The van der Waals surface area contributed by atoms with E-state index in [9.17, 15) is 9.36 Å². The summed E-state index contributed by atoms with van der Waals surface area (Å²) < 4.78 is 40.3. The Kier molecular flexibility index (Phi) is 11.1. The predicted octanol–water partition coefficient (Wildman–Crippen LogP) is 7.58. The van der Waals surface area contributed by atoms with Gasteiger partial charge in [-0.05, 0) is 55.2 Å². The fourth-order valence-corrected chi connectivity index (χ4v) is 6.95. The summed E-state index contributed by atoms with van der Waals surface area (Å²) in [7, 11) is -4.17. The number of nitrogens with one attached hydrogen (secondary N) is 1. The Morgan fingerprint density at radius 2 is 1.74 bits per heavy atom. The summed E-state index contributed by atoms with van der Waals surface area (Å²) in [5.41, 5.74) is 8.50. The molecule has 0 amide bonds. The maximum Gasteiger partial charge on any atom is 0.459 e. The van der Waals surface area contributed by atoms with Crippen molar-refractivity contribution in [2.24, 2.45) is 5.92 Å². The molecule has 2 aromatic heterocycles. The molecule has 0 saturated heterocycles. The largest absolute Gasteiger partial charge is 0.465 e. The first-order valence-electron chi connectivity index (χ1n) is 16.1. The second-order valence-electron chi connectivity index (χ2n) is 11.8. The first-order chi connectivity index (χ1) is 22.6. The van der Waals surface area contributed by atoms with Gasteiger partial charge in [0, 0.05) is 12.0 Å². The molecular weight excluding hydrogens is 617 g/mol. The van der Waals surface area contributed by atoms with E-state index in [1.54, 1.807) is 19.1 Å². The molecule has 2 heterocycles. The van der Waals surface area contributed by atoms with Gasteiger partial charge in [-0.15, -0.1) is 0 Å². The van der Waals surface area contributed by atoms with Gasteiger partial charge in [0.15, 0.2) is 5.82 Å². The fourth-order valence-electron chi connectivity index (χ4n) is 5.45. The SMILES string of the molecule is CCCCOC(=O)[C@H](C)NP(=O)(OC[C@@H](C(C)C)n1c(COCC)nc2c(N)nc3ccccc3c21)Oc1ccc2ccccc2c1. The van der Waals surface area contributed by atoms with Crippen LogP contribution in [0.25, 0.3) is 32.7 Å². The van der Waals surface area contributed by atoms with Gasteiger partial charge in [-0.1, -0.05) is 75.7 Å². The molecule has 0 bridgehead atoms. The molecule has 5 aromatic rings. The maximum absolute atomic E-state index is 14.6. The number of nitrogens with two attached hydrogens (primary N) is 1. The lowest BCUT2D eigenvalue weighted by Crippen LogP contribution is -2.36. The Balaban J connectivity index is 1.53. The van der Waals surface area contributed by atoms with E-state index in [0.717, 1.165) is 40.0 Å². The van der Waals surface area contributed by atoms with Gasteiger partial charge >= 0.3 is 13.7 Å². The number of rotatable bonds is 16. The first kappa shape index (κ1) is 34.3. The van der Waals surface area contributed by atoms with E-state index in [0.29, 0.717) is 29.5 Å². The lowest BCUT2D eigenvalue weighted by molar-refractivity contribution is -0.145. The van der Waals surface area contributed by atoms with Crippen LogP contribution >= 0.6 is 7.75 Å².